The minimum Gasteiger partial charge on any atom is -0.347 e. The number of ketones is 1. The fourth-order valence-corrected chi connectivity index (χ4v) is 1.24. The predicted octanol–water partition coefficient (Wildman–Crippen LogP) is 1.76. The molecule has 0 rings (SSSR count). The van der Waals surface area contributed by atoms with Crippen LogP contribution in [0.5, 0.6) is 0 Å². The largest absolute Gasteiger partial charge is 0.347 e. The summed E-state index contributed by atoms with van der Waals surface area (Å²) in [6.45, 7) is 9.38. The van der Waals surface area contributed by atoms with Gasteiger partial charge in [-0.1, -0.05) is 27.7 Å². The van der Waals surface area contributed by atoms with Crippen LogP contribution in [0.25, 0.3) is 0 Å². The van der Waals surface area contributed by atoms with Crippen molar-refractivity contribution in [3.05, 3.63) is 0 Å². The van der Waals surface area contributed by atoms with Gasteiger partial charge in [0, 0.05) is 12.3 Å². The zero-order valence-corrected chi connectivity index (χ0v) is 9.76. The molecule has 0 aliphatic rings. The van der Waals surface area contributed by atoms with Crippen molar-refractivity contribution in [1.29, 1.82) is 0 Å². The molecular formula is C11H21NO2. The zero-order valence-electron chi connectivity index (χ0n) is 9.76. The normalized spacial score (nSPS) is 13.1. The number of carbonyl (C=O) groups is 2. The molecule has 3 nitrogen and oxygen atoms in total. The third-order valence-corrected chi connectivity index (χ3v) is 1.97. The Morgan fingerprint density at radius 3 is 1.93 bits per heavy atom. The molecule has 0 unspecified atom stereocenters. The molecule has 0 fully saturated rings. The Labute approximate surface area is 86.3 Å². The maximum atomic E-state index is 11.4. The van der Waals surface area contributed by atoms with Gasteiger partial charge in [-0.3, -0.25) is 9.59 Å². The molecule has 0 saturated carbocycles. The maximum absolute atomic E-state index is 11.4. The Bertz CT molecular complexity index is 209. The first-order valence-corrected chi connectivity index (χ1v) is 5.17. The average Bonchev–Trinajstić information content (AvgIpc) is 2.00. The number of nitrogens with one attached hydrogen (secondary N) is 1. The van der Waals surface area contributed by atoms with Crippen LogP contribution in [0.4, 0.5) is 0 Å². The summed E-state index contributed by atoms with van der Waals surface area (Å²) in [4.78, 5) is 22.8. The number of hydrogen-bond donors (Lipinski definition) is 1. The van der Waals surface area contributed by atoms with E-state index in [0.717, 1.165) is 0 Å². The predicted molar refractivity (Wildman–Crippen MR) is 56.9 cm³/mol. The lowest BCUT2D eigenvalue weighted by molar-refractivity contribution is -0.129. The van der Waals surface area contributed by atoms with Crippen molar-refractivity contribution in [3.8, 4) is 0 Å². The van der Waals surface area contributed by atoms with E-state index >= 15 is 0 Å². The van der Waals surface area contributed by atoms with Gasteiger partial charge in [-0.05, 0) is 12.8 Å². The topological polar surface area (TPSA) is 46.2 Å². The minimum atomic E-state index is -0.360. The summed E-state index contributed by atoms with van der Waals surface area (Å²) in [6, 6.07) is -0.360. The van der Waals surface area contributed by atoms with Gasteiger partial charge in [0.25, 0.3) is 0 Å². The molecule has 14 heavy (non-hydrogen) atoms. The molecule has 0 heterocycles. The number of amides is 1. The van der Waals surface area contributed by atoms with E-state index in [4.69, 9.17) is 0 Å². The van der Waals surface area contributed by atoms with Crippen molar-refractivity contribution in [1.82, 2.24) is 5.32 Å². The van der Waals surface area contributed by atoms with Crippen LogP contribution >= 0.6 is 0 Å². The lowest BCUT2D eigenvalue weighted by Crippen LogP contribution is -2.40. The van der Waals surface area contributed by atoms with Gasteiger partial charge < -0.3 is 5.32 Å². The molecule has 82 valence electrons. The van der Waals surface area contributed by atoms with Crippen LogP contribution < -0.4 is 5.32 Å². The van der Waals surface area contributed by atoms with Crippen molar-refractivity contribution >= 4 is 11.7 Å². The molecule has 1 N–H and O–H groups in total. The second-order valence-corrected chi connectivity index (χ2v) is 4.44. The van der Waals surface area contributed by atoms with Gasteiger partial charge in [0.1, 0.15) is 0 Å². The molecule has 0 aliphatic carbocycles. The zero-order chi connectivity index (χ0) is 11.3. The summed E-state index contributed by atoms with van der Waals surface area (Å²) in [5.41, 5.74) is 0. The first-order valence-electron chi connectivity index (χ1n) is 5.17. The van der Waals surface area contributed by atoms with Gasteiger partial charge in [-0.2, -0.15) is 0 Å². The Hall–Kier alpha value is -0.860. The van der Waals surface area contributed by atoms with Crippen molar-refractivity contribution in [3.63, 3.8) is 0 Å². The van der Waals surface area contributed by atoms with Gasteiger partial charge in [0.05, 0.1) is 6.04 Å². The number of hydrogen-bond acceptors (Lipinski definition) is 2. The number of carbonyl (C=O) groups excluding carboxylic acids is 2. The van der Waals surface area contributed by atoms with Crippen molar-refractivity contribution in [2.24, 2.45) is 11.8 Å². The van der Waals surface area contributed by atoms with Crippen LogP contribution in [0.15, 0.2) is 0 Å². The highest BCUT2D eigenvalue weighted by atomic mass is 16.2. The highest BCUT2D eigenvalue weighted by Gasteiger charge is 2.18. The molecule has 0 spiro atoms. The minimum absolute atomic E-state index is 0.0238. The first kappa shape index (κ1) is 13.1. The number of rotatable bonds is 5. The monoisotopic (exact) mass is 199 g/mol. The van der Waals surface area contributed by atoms with Gasteiger partial charge in [0.15, 0.2) is 5.78 Å². The molecule has 1 amide bonds. The van der Waals surface area contributed by atoms with E-state index < -0.39 is 0 Å². The van der Waals surface area contributed by atoms with Crippen molar-refractivity contribution in [2.75, 3.05) is 0 Å². The quantitative estimate of drug-likeness (QED) is 0.733. The van der Waals surface area contributed by atoms with E-state index in [2.05, 4.69) is 5.32 Å². The van der Waals surface area contributed by atoms with Crippen molar-refractivity contribution in [2.45, 2.75) is 47.1 Å². The highest BCUT2D eigenvalue weighted by molar-refractivity contribution is 5.89. The Balaban J connectivity index is 4.00. The van der Waals surface area contributed by atoms with E-state index in [0.29, 0.717) is 12.3 Å². The average molecular weight is 199 g/mol. The first-order chi connectivity index (χ1) is 6.34. The summed E-state index contributed by atoms with van der Waals surface area (Å²) in [5.74, 6) is 0.351. The van der Waals surface area contributed by atoms with Crippen LogP contribution in [0.2, 0.25) is 0 Å². The molecule has 0 aromatic heterocycles. The molecule has 3 heteroatoms. The molecule has 0 aliphatic heterocycles. The molecule has 0 radical (unpaired) electrons. The molecule has 0 aromatic rings. The van der Waals surface area contributed by atoms with Gasteiger partial charge in [-0.25, -0.2) is 0 Å². The van der Waals surface area contributed by atoms with Crippen LogP contribution in [0, 0.1) is 11.8 Å². The van der Waals surface area contributed by atoms with Crippen molar-refractivity contribution < 1.29 is 9.59 Å². The van der Waals surface area contributed by atoms with Crippen LogP contribution in [0.1, 0.15) is 41.0 Å². The Morgan fingerprint density at radius 2 is 1.57 bits per heavy atom. The second kappa shape index (κ2) is 5.78. The fourth-order valence-electron chi connectivity index (χ4n) is 1.24. The lowest BCUT2D eigenvalue weighted by atomic mass is 10.0. The fraction of sp³-hybridized carbons (Fsp3) is 0.818. The van der Waals surface area contributed by atoms with E-state index in [9.17, 15) is 9.59 Å². The summed E-state index contributed by atoms with van der Waals surface area (Å²) < 4.78 is 0. The SMILES string of the molecule is CC(C)CC(=O)N[C@H](C)C(=O)C(C)C. The lowest BCUT2D eigenvalue weighted by Gasteiger charge is -2.15. The summed E-state index contributed by atoms with van der Waals surface area (Å²) in [6.07, 6.45) is 0.482. The molecule has 0 bridgehead atoms. The summed E-state index contributed by atoms with van der Waals surface area (Å²) >= 11 is 0. The van der Waals surface area contributed by atoms with E-state index in [1.807, 2.05) is 27.7 Å². The smallest absolute Gasteiger partial charge is 0.220 e. The third-order valence-electron chi connectivity index (χ3n) is 1.97. The number of Topliss-reactive ketones (excluding diaryl/α,β-unsaturated/α-hetero) is 1. The van der Waals surface area contributed by atoms with E-state index in [-0.39, 0.29) is 23.7 Å². The summed E-state index contributed by atoms with van der Waals surface area (Å²) in [7, 11) is 0. The van der Waals surface area contributed by atoms with Crippen LogP contribution in [-0.4, -0.2) is 17.7 Å². The van der Waals surface area contributed by atoms with Gasteiger partial charge in [-0.15, -0.1) is 0 Å². The Morgan fingerprint density at radius 1 is 1.07 bits per heavy atom. The maximum Gasteiger partial charge on any atom is 0.220 e. The van der Waals surface area contributed by atoms with Crippen LogP contribution in [-0.2, 0) is 9.59 Å². The standard InChI is InChI=1S/C11H21NO2/c1-7(2)6-10(13)12-9(5)11(14)8(3)4/h7-9H,6H2,1-5H3,(H,12,13)/t9-/m1/s1. The molecule has 1 atom stereocenters. The van der Waals surface area contributed by atoms with Gasteiger partial charge in [0.2, 0.25) is 5.91 Å². The van der Waals surface area contributed by atoms with E-state index in [1.54, 1.807) is 6.92 Å². The molecule has 0 saturated heterocycles. The molecule has 0 aromatic carbocycles. The second-order valence-electron chi connectivity index (χ2n) is 4.44. The Kier molecular flexibility index (Phi) is 5.43. The van der Waals surface area contributed by atoms with Gasteiger partial charge >= 0.3 is 0 Å². The van der Waals surface area contributed by atoms with Crippen LogP contribution in [0.3, 0.4) is 0 Å². The molecular weight excluding hydrogens is 178 g/mol. The third kappa shape index (κ3) is 5.00. The summed E-state index contributed by atoms with van der Waals surface area (Å²) in [5, 5.41) is 2.70. The highest BCUT2D eigenvalue weighted by Crippen LogP contribution is 2.02. The van der Waals surface area contributed by atoms with E-state index in [1.165, 1.54) is 0 Å².